The molecule has 0 radical (unpaired) electrons. The maximum Gasteiger partial charge on any atom is 0.101 e. The summed E-state index contributed by atoms with van der Waals surface area (Å²) < 4.78 is 10.8. The molecule has 0 atom stereocenters. The predicted molar refractivity (Wildman–Crippen MR) is 80.8 cm³/mol. The van der Waals surface area contributed by atoms with Crippen molar-refractivity contribution in [1.82, 2.24) is 0 Å². The molecular formula is C15H23N3O2. The Labute approximate surface area is 120 Å². The molecule has 20 heavy (non-hydrogen) atoms. The Kier molecular flexibility index (Phi) is 7.48. The molecule has 2 N–H and O–H groups in total. The summed E-state index contributed by atoms with van der Waals surface area (Å²) in [6.45, 7) is 8.00. The molecule has 0 spiro atoms. The summed E-state index contributed by atoms with van der Waals surface area (Å²) in [5.74, 6) is 0. The lowest BCUT2D eigenvalue weighted by atomic mass is 10.1. The molecule has 0 bridgehead atoms. The first-order valence-electron chi connectivity index (χ1n) is 6.93. The lowest BCUT2D eigenvalue weighted by Crippen LogP contribution is -2.31. The molecule has 1 aromatic rings. The van der Waals surface area contributed by atoms with Crippen LogP contribution < -0.4 is 10.6 Å². The van der Waals surface area contributed by atoms with Crippen molar-refractivity contribution in [3.05, 3.63) is 23.8 Å². The molecule has 0 amide bonds. The van der Waals surface area contributed by atoms with Gasteiger partial charge in [0.15, 0.2) is 0 Å². The number of hydrogen-bond acceptors (Lipinski definition) is 5. The molecular weight excluding hydrogens is 254 g/mol. The van der Waals surface area contributed by atoms with Crippen molar-refractivity contribution in [2.24, 2.45) is 0 Å². The zero-order chi connectivity index (χ0) is 14.8. The van der Waals surface area contributed by atoms with E-state index in [4.69, 9.17) is 20.5 Å². The van der Waals surface area contributed by atoms with Gasteiger partial charge < -0.3 is 20.1 Å². The first-order valence-corrected chi connectivity index (χ1v) is 6.93. The van der Waals surface area contributed by atoms with Crippen LogP contribution in [0.4, 0.5) is 11.4 Å². The molecule has 1 rings (SSSR count). The smallest absolute Gasteiger partial charge is 0.101 e. The highest BCUT2D eigenvalue weighted by Crippen LogP contribution is 2.26. The molecule has 0 aliphatic carbocycles. The second kappa shape index (κ2) is 9.18. The number of nitrogen functional groups attached to an aromatic ring is 1. The van der Waals surface area contributed by atoms with Crippen LogP contribution >= 0.6 is 0 Å². The largest absolute Gasteiger partial charge is 0.396 e. The monoisotopic (exact) mass is 277 g/mol. The van der Waals surface area contributed by atoms with E-state index in [1.165, 1.54) is 0 Å². The second-order valence-corrected chi connectivity index (χ2v) is 4.23. The standard InChI is InChI=1S/C15H23N3O2/c1-3-19-10-8-18(9-11-20-4-2)14-7-5-6-13(12-16)15(14)17/h5-7H,3-4,8-11,17H2,1-2H3. The Balaban J connectivity index is 2.82. The fourth-order valence-corrected chi connectivity index (χ4v) is 1.92. The third kappa shape index (κ3) is 4.72. The van der Waals surface area contributed by atoms with Gasteiger partial charge >= 0.3 is 0 Å². The van der Waals surface area contributed by atoms with Crippen LogP contribution in [0.15, 0.2) is 18.2 Å². The Morgan fingerprint density at radius 2 is 1.75 bits per heavy atom. The van der Waals surface area contributed by atoms with Crippen LogP contribution in [0.3, 0.4) is 0 Å². The highest BCUT2D eigenvalue weighted by molar-refractivity contribution is 5.73. The van der Waals surface area contributed by atoms with Crippen LogP contribution in [0.5, 0.6) is 0 Å². The number of benzene rings is 1. The van der Waals surface area contributed by atoms with Gasteiger partial charge in [-0.25, -0.2) is 0 Å². The van der Waals surface area contributed by atoms with Crippen molar-refractivity contribution in [1.29, 1.82) is 5.26 Å². The Bertz CT molecular complexity index is 433. The highest BCUT2D eigenvalue weighted by Gasteiger charge is 2.12. The van der Waals surface area contributed by atoms with Gasteiger partial charge in [-0.05, 0) is 26.0 Å². The Morgan fingerprint density at radius 1 is 1.15 bits per heavy atom. The van der Waals surface area contributed by atoms with Crippen molar-refractivity contribution < 1.29 is 9.47 Å². The fourth-order valence-electron chi connectivity index (χ4n) is 1.92. The van der Waals surface area contributed by atoms with E-state index >= 15 is 0 Å². The van der Waals surface area contributed by atoms with E-state index in [9.17, 15) is 0 Å². The lowest BCUT2D eigenvalue weighted by Gasteiger charge is -2.26. The number of nitriles is 1. The van der Waals surface area contributed by atoms with Crippen molar-refractivity contribution in [2.75, 3.05) is 50.2 Å². The van der Waals surface area contributed by atoms with E-state index < -0.39 is 0 Å². The molecule has 0 saturated heterocycles. The van der Waals surface area contributed by atoms with Gasteiger partial charge in [-0.1, -0.05) is 6.07 Å². The summed E-state index contributed by atoms with van der Waals surface area (Å²) in [5, 5.41) is 9.06. The summed E-state index contributed by atoms with van der Waals surface area (Å²) >= 11 is 0. The summed E-state index contributed by atoms with van der Waals surface area (Å²) in [4.78, 5) is 2.10. The predicted octanol–water partition coefficient (Wildman–Crippen LogP) is 2.02. The maximum absolute atomic E-state index is 9.06. The molecule has 5 nitrogen and oxygen atoms in total. The number of para-hydroxylation sites is 1. The molecule has 110 valence electrons. The molecule has 5 heteroatoms. The molecule has 0 aliphatic heterocycles. The van der Waals surface area contributed by atoms with Crippen molar-refractivity contribution >= 4 is 11.4 Å². The highest BCUT2D eigenvalue weighted by atomic mass is 16.5. The second-order valence-electron chi connectivity index (χ2n) is 4.23. The van der Waals surface area contributed by atoms with E-state index in [1.807, 2.05) is 26.0 Å². The number of hydrogen-bond donors (Lipinski definition) is 1. The number of nitrogens with zero attached hydrogens (tertiary/aromatic N) is 2. The summed E-state index contributed by atoms with van der Waals surface area (Å²) in [7, 11) is 0. The Morgan fingerprint density at radius 3 is 2.25 bits per heavy atom. The average Bonchev–Trinajstić information content (AvgIpc) is 2.46. The summed E-state index contributed by atoms with van der Waals surface area (Å²) in [5.41, 5.74) is 7.94. The molecule has 0 heterocycles. The molecule has 0 saturated carbocycles. The minimum Gasteiger partial charge on any atom is -0.396 e. The maximum atomic E-state index is 9.06. The van der Waals surface area contributed by atoms with Gasteiger partial charge in [0.2, 0.25) is 0 Å². The average molecular weight is 277 g/mol. The third-order valence-corrected chi connectivity index (χ3v) is 2.96. The summed E-state index contributed by atoms with van der Waals surface area (Å²) in [6, 6.07) is 7.61. The van der Waals surface area contributed by atoms with Crippen LogP contribution in [0.1, 0.15) is 19.4 Å². The molecule has 0 unspecified atom stereocenters. The molecule has 0 aromatic heterocycles. The first-order chi connectivity index (χ1) is 9.74. The zero-order valence-electron chi connectivity index (χ0n) is 12.3. The number of nitrogens with two attached hydrogens (primary N) is 1. The van der Waals surface area contributed by atoms with Crippen LogP contribution in [-0.4, -0.2) is 39.5 Å². The van der Waals surface area contributed by atoms with Gasteiger partial charge in [-0.15, -0.1) is 0 Å². The molecule has 1 aromatic carbocycles. The van der Waals surface area contributed by atoms with Gasteiger partial charge in [0, 0.05) is 26.3 Å². The van der Waals surface area contributed by atoms with Gasteiger partial charge in [-0.3, -0.25) is 0 Å². The Hall–Kier alpha value is -1.77. The zero-order valence-corrected chi connectivity index (χ0v) is 12.3. The van der Waals surface area contributed by atoms with Crippen LogP contribution in [0.2, 0.25) is 0 Å². The number of anilines is 2. The number of ether oxygens (including phenoxy) is 2. The van der Waals surface area contributed by atoms with Gasteiger partial charge in [0.1, 0.15) is 6.07 Å². The van der Waals surface area contributed by atoms with E-state index in [0.29, 0.717) is 37.7 Å². The van der Waals surface area contributed by atoms with E-state index in [1.54, 1.807) is 6.07 Å². The summed E-state index contributed by atoms with van der Waals surface area (Å²) in [6.07, 6.45) is 0. The van der Waals surface area contributed by atoms with Crippen LogP contribution in [0.25, 0.3) is 0 Å². The third-order valence-electron chi connectivity index (χ3n) is 2.96. The minimum atomic E-state index is 0.500. The van der Waals surface area contributed by atoms with Crippen molar-refractivity contribution in [3.8, 4) is 6.07 Å². The van der Waals surface area contributed by atoms with Crippen LogP contribution in [0, 0.1) is 11.3 Å². The van der Waals surface area contributed by atoms with Crippen molar-refractivity contribution in [3.63, 3.8) is 0 Å². The normalized spacial score (nSPS) is 10.2. The number of rotatable bonds is 9. The fraction of sp³-hybridized carbons (Fsp3) is 0.533. The van der Waals surface area contributed by atoms with Gasteiger partial charge in [-0.2, -0.15) is 5.26 Å². The van der Waals surface area contributed by atoms with E-state index in [-0.39, 0.29) is 0 Å². The van der Waals surface area contributed by atoms with Gasteiger partial charge in [0.25, 0.3) is 0 Å². The van der Waals surface area contributed by atoms with Gasteiger partial charge in [0.05, 0.1) is 30.2 Å². The quantitative estimate of drug-likeness (QED) is 0.552. The molecule has 0 fully saturated rings. The van der Waals surface area contributed by atoms with E-state index in [0.717, 1.165) is 18.8 Å². The lowest BCUT2D eigenvalue weighted by molar-refractivity contribution is 0.141. The van der Waals surface area contributed by atoms with E-state index in [2.05, 4.69) is 11.0 Å². The SMILES string of the molecule is CCOCCN(CCOCC)c1cccc(C#N)c1N. The topological polar surface area (TPSA) is 71.5 Å². The first kappa shape index (κ1) is 16.3. The minimum absolute atomic E-state index is 0.500. The van der Waals surface area contributed by atoms with Crippen LogP contribution in [-0.2, 0) is 9.47 Å². The molecule has 0 aliphatic rings. The van der Waals surface area contributed by atoms with Crippen molar-refractivity contribution in [2.45, 2.75) is 13.8 Å².